The van der Waals surface area contributed by atoms with Crippen molar-refractivity contribution in [2.75, 3.05) is 0 Å². The highest BCUT2D eigenvalue weighted by molar-refractivity contribution is 5.77. The van der Waals surface area contributed by atoms with Gasteiger partial charge in [-0.2, -0.15) is 0 Å². The molecule has 0 atom stereocenters. The molecule has 0 aliphatic rings. The second-order valence-electron chi connectivity index (χ2n) is 4.17. The summed E-state index contributed by atoms with van der Waals surface area (Å²) in [6.07, 6.45) is 4.17. The predicted molar refractivity (Wildman–Crippen MR) is 63.7 cm³/mol. The number of carboxylic acid groups (broad SMARTS) is 1. The molecule has 0 aliphatic carbocycles. The standard InChI is InChI=1S/C13H20O4/c1-3-7-13(8-4-2,12(14)15)17-10-11-6-5-9-16-11/h5-6,9H,3-4,7-8,10H2,1-2H3,(H,14,15). The normalized spacial score (nSPS) is 11.6. The Hall–Kier alpha value is -1.29. The number of aliphatic carboxylic acids is 1. The van der Waals surface area contributed by atoms with Gasteiger partial charge in [0.05, 0.1) is 6.26 Å². The lowest BCUT2D eigenvalue weighted by atomic mass is 9.92. The SMILES string of the molecule is CCCC(CCC)(OCc1ccco1)C(=O)O. The summed E-state index contributed by atoms with van der Waals surface area (Å²) >= 11 is 0. The van der Waals surface area contributed by atoms with Gasteiger partial charge in [-0.05, 0) is 25.0 Å². The van der Waals surface area contributed by atoms with Crippen LogP contribution in [0.25, 0.3) is 0 Å². The fourth-order valence-electron chi connectivity index (χ4n) is 1.96. The third-order valence-corrected chi connectivity index (χ3v) is 2.77. The van der Waals surface area contributed by atoms with Crippen LogP contribution in [0.3, 0.4) is 0 Å². The van der Waals surface area contributed by atoms with Crippen molar-refractivity contribution in [1.82, 2.24) is 0 Å². The minimum Gasteiger partial charge on any atom is -0.479 e. The summed E-state index contributed by atoms with van der Waals surface area (Å²) in [6, 6.07) is 3.55. The van der Waals surface area contributed by atoms with Crippen molar-refractivity contribution < 1.29 is 19.1 Å². The van der Waals surface area contributed by atoms with E-state index in [1.807, 2.05) is 13.8 Å². The molecule has 96 valence electrons. The molecule has 1 rings (SSSR count). The van der Waals surface area contributed by atoms with Crippen molar-refractivity contribution in [3.63, 3.8) is 0 Å². The van der Waals surface area contributed by atoms with Gasteiger partial charge in [0.25, 0.3) is 0 Å². The van der Waals surface area contributed by atoms with Crippen LogP contribution in [0.2, 0.25) is 0 Å². The fraction of sp³-hybridized carbons (Fsp3) is 0.615. The largest absolute Gasteiger partial charge is 0.479 e. The first-order chi connectivity index (χ1) is 8.14. The van der Waals surface area contributed by atoms with Crippen molar-refractivity contribution in [1.29, 1.82) is 0 Å². The van der Waals surface area contributed by atoms with Gasteiger partial charge in [0.2, 0.25) is 0 Å². The van der Waals surface area contributed by atoms with Crippen molar-refractivity contribution in [3.05, 3.63) is 24.2 Å². The summed E-state index contributed by atoms with van der Waals surface area (Å²) in [5, 5.41) is 9.36. The minimum atomic E-state index is -1.07. The molecule has 0 radical (unpaired) electrons. The van der Waals surface area contributed by atoms with Gasteiger partial charge < -0.3 is 14.3 Å². The maximum absolute atomic E-state index is 11.4. The van der Waals surface area contributed by atoms with Gasteiger partial charge in [-0.1, -0.05) is 26.7 Å². The Kier molecular flexibility index (Phi) is 5.22. The van der Waals surface area contributed by atoms with E-state index < -0.39 is 11.6 Å². The van der Waals surface area contributed by atoms with Gasteiger partial charge in [0.15, 0.2) is 5.60 Å². The summed E-state index contributed by atoms with van der Waals surface area (Å²) in [5.74, 6) is -0.226. The quantitative estimate of drug-likeness (QED) is 0.758. The lowest BCUT2D eigenvalue weighted by Gasteiger charge is -2.28. The molecule has 17 heavy (non-hydrogen) atoms. The average Bonchev–Trinajstić information content (AvgIpc) is 2.79. The highest BCUT2D eigenvalue weighted by Gasteiger charge is 2.38. The smallest absolute Gasteiger partial charge is 0.335 e. The molecule has 0 aliphatic heterocycles. The van der Waals surface area contributed by atoms with E-state index in [9.17, 15) is 9.90 Å². The molecule has 4 heteroatoms. The van der Waals surface area contributed by atoms with Crippen LogP contribution in [0, 0.1) is 0 Å². The van der Waals surface area contributed by atoms with Crippen LogP contribution in [-0.4, -0.2) is 16.7 Å². The van der Waals surface area contributed by atoms with Crippen molar-refractivity contribution in [3.8, 4) is 0 Å². The maximum atomic E-state index is 11.4. The number of carboxylic acids is 1. The first-order valence-corrected chi connectivity index (χ1v) is 6.04. The third-order valence-electron chi connectivity index (χ3n) is 2.77. The second-order valence-corrected chi connectivity index (χ2v) is 4.17. The lowest BCUT2D eigenvalue weighted by molar-refractivity contribution is -0.171. The molecule has 0 spiro atoms. The Morgan fingerprint density at radius 3 is 2.47 bits per heavy atom. The topological polar surface area (TPSA) is 59.7 Å². The van der Waals surface area contributed by atoms with Crippen LogP contribution < -0.4 is 0 Å². The Bertz CT molecular complexity index is 323. The van der Waals surface area contributed by atoms with E-state index in [-0.39, 0.29) is 6.61 Å². The molecule has 0 bridgehead atoms. The third kappa shape index (κ3) is 3.60. The molecule has 1 heterocycles. The van der Waals surface area contributed by atoms with E-state index in [2.05, 4.69) is 0 Å². The molecule has 1 aromatic rings. The zero-order valence-electron chi connectivity index (χ0n) is 10.4. The number of rotatable bonds is 8. The van der Waals surface area contributed by atoms with Gasteiger partial charge in [-0.25, -0.2) is 4.79 Å². The predicted octanol–water partition coefficient (Wildman–Crippen LogP) is 3.22. The van der Waals surface area contributed by atoms with Crippen LogP contribution in [0.1, 0.15) is 45.3 Å². The number of hydrogen-bond donors (Lipinski definition) is 1. The minimum absolute atomic E-state index is 0.208. The van der Waals surface area contributed by atoms with Crippen LogP contribution in [0.4, 0.5) is 0 Å². The highest BCUT2D eigenvalue weighted by Crippen LogP contribution is 2.26. The van der Waals surface area contributed by atoms with E-state index in [1.54, 1.807) is 18.4 Å². The molecule has 0 unspecified atom stereocenters. The van der Waals surface area contributed by atoms with Crippen LogP contribution in [-0.2, 0) is 16.1 Å². The monoisotopic (exact) mass is 240 g/mol. The summed E-state index contributed by atoms with van der Waals surface area (Å²) in [4.78, 5) is 11.4. The Balaban J connectivity index is 2.70. The molecule has 1 aromatic heterocycles. The molecular weight excluding hydrogens is 220 g/mol. The first kappa shape index (κ1) is 13.8. The molecule has 1 N–H and O–H groups in total. The molecule has 0 saturated heterocycles. The molecule has 0 fully saturated rings. The summed E-state index contributed by atoms with van der Waals surface area (Å²) in [6.45, 7) is 4.13. The summed E-state index contributed by atoms with van der Waals surface area (Å²) in [7, 11) is 0. The molecule has 0 saturated carbocycles. The van der Waals surface area contributed by atoms with Crippen LogP contribution in [0.15, 0.2) is 22.8 Å². The number of ether oxygens (including phenoxy) is 1. The van der Waals surface area contributed by atoms with Gasteiger partial charge in [-0.15, -0.1) is 0 Å². The van der Waals surface area contributed by atoms with E-state index in [0.717, 1.165) is 12.8 Å². The molecule has 0 amide bonds. The lowest BCUT2D eigenvalue weighted by Crippen LogP contribution is -2.41. The summed E-state index contributed by atoms with van der Waals surface area (Å²) in [5.41, 5.74) is -1.07. The van der Waals surface area contributed by atoms with Crippen molar-refractivity contribution >= 4 is 5.97 Å². The molecular formula is C13H20O4. The zero-order chi connectivity index (χ0) is 12.7. The second kappa shape index (κ2) is 6.45. The number of carbonyl (C=O) groups is 1. The van der Waals surface area contributed by atoms with E-state index in [4.69, 9.17) is 9.15 Å². The van der Waals surface area contributed by atoms with Crippen LogP contribution >= 0.6 is 0 Å². The van der Waals surface area contributed by atoms with E-state index in [1.165, 1.54) is 0 Å². The number of furan rings is 1. The first-order valence-electron chi connectivity index (χ1n) is 6.04. The maximum Gasteiger partial charge on any atom is 0.335 e. The van der Waals surface area contributed by atoms with E-state index >= 15 is 0 Å². The van der Waals surface area contributed by atoms with Gasteiger partial charge in [-0.3, -0.25) is 0 Å². The number of hydrogen-bond acceptors (Lipinski definition) is 3. The van der Waals surface area contributed by atoms with Crippen LogP contribution in [0.5, 0.6) is 0 Å². The highest BCUT2D eigenvalue weighted by atomic mass is 16.5. The Labute approximate surface area is 102 Å². The van der Waals surface area contributed by atoms with Gasteiger partial charge in [0, 0.05) is 0 Å². The van der Waals surface area contributed by atoms with Crippen molar-refractivity contribution in [2.45, 2.75) is 51.7 Å². The van der Waals surface area contributed by atoms with Crippen molar-refractivity contribution in [2.24, 2.45) is 0 Å². The summed E-state index contributed by atoms with van der Waals surface area (Å²) < 4.78 is 10.8. The fourth-order valence-corrected chi connectivity index (χ4v) is 1.96. The van der Waals surface area contributed by atoms with E-state index in [0.29, 0.717) is 18.6 Å². The van der Waals surface area contributed by atoms with Gasteiger partial charge in [0.1, 0.15) is 12.4 Å². The molecule has 0 aromatic carbocycles. The Morgan fingerprint density at radius 2 is 2.06 bits per heavy atom. The van der Waals surface area contributed by atoms with Gasteiger partial charge >= 0.3 is 5.97 Å². The Morgan fingerprint density at radius 1 is 1.41 bits per heavy atom. The average molecular weight is 240 g/mol. The molecule has 4 nitrogen and oxygen atoms in total. The zero-order valence-corrected chi connectivity index (χ0v) is 10.4.